The van der Waals surface area contributed by atoms with E-state index in [1.165, 1.54) is 14.0 Å². The summed E-state index contributed by atoms with van der Waals surface area (Å²) in [6.07, 6.45) is -0.0291. The van der Waals surface area contributed by atoms with Gasteiger partial charge in [-0.05, 0) is 43.2 Å². The molecule has 2 rings (SSSR count). The van der Waals surface area contributed by atoms with Gasteiger partial charge in [-0.1, -0.05) is 30.3 Å². The first-order valence-corrected chi connectivity index (χ1v) is 7.97. The lowest BCUT2D eigenvalue weighted by atomic mass is 10.00. The summed E-state index contributed by atoms with van der Waals surface area (Å²) < 4.78 is 38.9. The summed E-state index contributed by atoms with van der Waals surface area (Å²) in [5.74, 6) is -4.59. The number of carbonyl (C=O) groups is 1. The van der Waals surface area contributed by atoms with Crippen molar-refractivity contribution in [2.24, 2.45) is 0 Å². The van der Waals surface area contributed by atoms with Gasteiger partial charge in [0.2, 0.25) is 0 Å². The lowest BCUT2D eigenvalue weighted by molar-refractivity contribution is -0.173. The highest BCUT2D eigenvalue weighted by Gasteiger charge is 2.48. The Balaban J connectivity index is 2.25. The van der Waals surface area contributed by atoms with Gasteiger partial charge in [0.25, 0.3) is 0 Å². The molecule has 0 saturated carbocycles. The minimum Gasteiger partial charge on any atom is -0.497 e. The second-order valence-electron chi connectivity index (χ2n) is 5.46. The number of rotatable bonds is 8. The molecule has 0 saturated heterocycles. The van der Waals surface area contributed by atoms with Crippen LogP contribution >= 0.6 is 0 Å². The summed E-state index contributed by atoms with van der Waals surface area (Å²) in [5, 5.41) is 2.75. The van der Waals surface area contributed by atoms with Crippen LogP contribution in [0.15, 0.2) is 54.6 Å². The number of hydrogen-bond donors (Lipinski definition) is 1. The molecule has 0 aliphatic heterocycles. The fourth-order valence-electron chi connectivity index (χ4n) is 2.38. The van der Waals surface area contributed by atoms with Gasteiger partial charge < -0.3 is 14.8 Å². The van der Waals surface area contributed by atoms with Crippen molar-refractivity contribution in [3.05, 3.63) is 60.2 Å². The number of nitrogens with one attached hydrogen (secondary N) is 1. The Labute approximate surface area is 145 Å². The van der Waals surface area contributed by atoms with E-state index in [9.17, 15) is 13.6 Å². The largest absolute Gasteiger partial charge is 0.497 e. The molecule has 134 valence electrons. The van der Waals surface area contributed by atoms with Crippen molar-refractivity contribution in [3.63, 3.8) is 0 Å². The summed E-state index contributed by atoms with van der Waals surface area (Å²) in [4.78, 5) is 11.8. The highest BCUT2D eigenvalue weighted by atomic mass is 19.3. The zero-order valence-corrected chi connectivity index (χ0v) is 14.2. The number of carbonyl (C=O) groups excluding carboxylic acids is 1. The number of anilines is 1. The molecule has 0 bridgehead atoms. The average molecular weight is 349 g/mol. The standard InChI is InChI=1S/C19H21F2NO3/c1-3-25-18(23)19(20,21)17(13-14-7-5-4-6-8-14)22-15-9-11-16(24-2)12-10-15/h4-12,17,22H,3,13H2,1-2H3. The van der Waals surface area contributed by atoms with Gasteiger partial charge in [0.05, 0.1) is 13.7 Å². The molecule has 2 aromatic rings. The van der Waals surface area contributed by atoms with Crippen LogP contribution in [-0.2, 0) is 16.0 Å². The molecule has 25 heavy (non-hydrogen) atoms. The second kappa shape index (κ2) is 8.46. The summed E-state index contributed by atoms with van der Waals surface area (Å²) in [6.45, 7) is 1.39. The smallest absolute Gasteiger partial charge is 0.379 e. The van der Waals surface area contributed by atoms with E-state index in [0.717, 1.165) is 0 Å². The monoisotopic (exact) mass is 349 g/mol. The maximum absolute atomic E-state index is 14.6. The molecule has 1 N–H and O–H groups in total. The third-order valence-electron chi connectivity index (χ3n) is 3.70. The second-order valence-corrected chi connectivity index (χ2v) is 5.46. The molecule has 0 aromatic heterocycles. The van der Waals surface area contributed by atoms with E-state index < -0.39 is 17.9 Å². The van der Waals surface area contributed by atoms with Crippen molar-refractivity contribution >= 4 is 11.7 Å². The first kappa shape index (κ1) is 18.7. The highest BCUT2D eigenvalue weighted by Crippen LogP contribution is 2.27. The first-order chi connectivity index (χ1) is 12.0. The normalized spacial score (nSPS) is 12.3. The van der Waals surface area contributed by atoms with Gasteiger partial charge >= 0.3 is 11.9 Å². The van der Waals surface area contributed by atoms with Crippen LogP contribution < -0.4 is 10.1 Å². The van der Waals surface area contributed by atoms with Crippen LogP contribution in [0.5, 0.6) is 5.75 Å². The minimum atomic E-state index is -3.67. The van der Waals surface area contributed by atoms with Crippen LogP contribution in [0.4, 0.5) is 14.5 Å². The lowest BCUT2D eigenvalue weighted by Gasteiger charge is -2.27. The van der Waals surface area contributed by atoms with Crippen LogP contribution in [0, 0.1) is 0 Å². The predicted octanol–water partition coefficient (Wildman–Crippen LogP) is 3.92. The Morgan fingerprint density at radius 1 is 1.12 bits per heavy atom. The van der Waals surface area contributed by atoms with E-state index in [4.69, 9.17) is 4.74 Å². The van der Waals surface area contributed by atoms with Gasteiger partial charge in [-0.3, -0.25) is 0 Å². The number of ether oxygens (including phenoxy) is 2. The van der Waals surface area contributed by atoms with Crippen molar-refractivity contribution in [2.75, 3.05) is 19.0 Å². The Kier molecular flexibility index (Phi) is 6.33. The Hall–Kier alpha value is -2.63. The number of benzene rings is 2. The number of methoxy groups -OCH3 is 1. The molecule has 0 heterocycles. The maximum atomic E-state index is 14.6. The molecule has 0 aliphatic rings. The molecule has 0 fully saturated rings. The molecule has 2 aromatic carbocycles. The van der Waals surface area contributed by atoms with E-state index in [1.54, 1.807) is 54.6 Å². The van der Waals surface area contributed by atoms with Crippen LogP contribution in [-0.4, -0.2) is 31.7 Å². The van der Waals surface area contributed by atoms with Crippen LogP contribution in [0.25, 0.3) is 0 Å². The quantitative estimate of drug-likeness (QED) is 0.734. The summed E-state index contributed by atoms with van der Waals surface area (Å²) in [6, 6.07) is 13.9. The van der Waals surface area contributed by atoms with Crippen LogP contribution in [0.3, 0.4) is 0 Å². The highest BCUT2D eigenvalue weighted by molar-refractivity contribution is 5.79. The Bertz CT molecular complexity index is 675. The Morgan fingerprint density at radius 3 is 2.32 bits per heavy atom. The topological polar surface area (TPSA) is 47.6 Å². The van der Waals surface area contributed by atoms with Gasteiger partial charge in [-0.15, -0.1) is 0 Å². The fourth-order valence-corrected chi connectivity index (χ4v) is 2.38. The molecule has 6 heteroatoms. The van der Waals surface area contributed by atoms with Crippen molar-refractivity contribution in [1.82, 2.24) is 0 Å². The SMILES string of the molecule is CCOC(=O)C(F)(F)C(Cc1ccccc1)Nc1ccc(OC)cc1. The third-order valence-corrected chi connectivity index (χ3v) is 3.70. The minimum absolute atomic E-state index is 0.0291. The van der Waals surface area contributed by atoms with Crippen molar-refractivity contribution in [1.29, 1.82) is 0 Å². The van der Waals surface area contributed by atoms with Crippen molar-refractivity contribution in [2.45, 2.75) is 25.3 Å². The number of esters is 1. The van der Waals surface area contributed by atoms with Gasteiger partial charge in [-0.25, -0.2) is 4.79 Å². The lowest BCUT2D eigenvalue weighted by Crippen LogP contribution is -2.48. The van der Waals surface area contributed by atoms with Gasteiger partial charge in [-0.2, -0.15) is 8.78 Å². The van der Waals surface area contributed by atoms with E-state index in [2.05, 4.69) is 10.1 Å². The van der Waals surface area contributed by atoms with E-state index in [1.807, 2.05) is 0 Å². The maximum Gasteiger partial charge on any atom is 0.379 e. The average Bonchev–Trinajstić information content (AvgIpc) is 2.63. The van der Waals surface area contributed by atoms with E-state index in [-0.39, 0.29) is 13.0 Å². The molecular formula is C19H21F2NO3. The van der Waals surface area contributed by atoms with Gasteiger partial charge in [0.15, 0.2) is 0 Å². The van der Waals surface area contributed by atoms with Gasteiger partial charge in [0.1, 0.15) is 11.8 Å². The fraction of sp³-hybridized carbons (Fsp3) is 0.316. The molecular weight excluding hydrogens is 328 g/mol. The zero-order valence-electron chi connectivity index (χ0n) is 14.2. The number of alkyl halides is 2. The molecule has 1 atom stereocenters. The molecule has 0 aliphatic carbocycles. The number of hydrogen-bond acceptors (Lipinski definition) is 4. The van der Waals surface area contributed by atoms with Crippen molar-refractivity contribution in [3.8, 4) is 5.75 Å². The molecule has 0 spiro atoms. The first-order valence-electron chi connectivity index (χ1n) is 7.97. The molecule has 0 amide bonds. The Morgan fingerprint density at radius 2 is 1.76 bits per heavy atom. The molecule has 1 unspecified atom stereocenters. The van der Waals surface area contributed by atoms with Crippen LogP contribution in [0.1, 0.15) is 12.5 Å². The zero-order chi connectivity index (χ0) is 18.3. The van der Waals surface area contributed by atoms with Crippen LogP contribution in [0.2, 0.25) is 0 Å². The van der Waals surface area contributed by atoms with E-state index in [0.29, 0.717) is 17.0 Å². The molecule has 0 radical (unpaired) electrons. The molecule has 4 nitrogen and oxygen atoms in total. The van der Waals surface area contributed by atoms with Crippen molar-refractivity contribution < 1.29 is 23.0 Å². The summed E-state index contributed by atoms with van der Waals surface area (Å²) in [5.41, 5.74) is 1.16. The summed E-state index contributed by atoms with van der Waals surface area (Å²) in [7, 11) is 1.52. The predicted molar refractivity (Wildman–Crippen MR) is 92.1 cm³/mol. The summed E-state index contributed by atoms with van der Waals surface area (Å²) >= 11 is 0. The van der Waals surface area contributed by atoms with Gasteiger partial charge in [0, 0.05) is 5.69 Å². The third kappa shape index (κ3) is 4.92. The van der Waals surface area contributed by atoms with E-state index >= 15 is 0 Å². The number of halogens is 2.